The van der Waals surface area contributed by atoms with Crippen LogP contribution in [0.4, 0.5) is 8.78 Å². The number of hydrogen-bond donors (Lipinski definition) is 0. The number of rotatable bonds is 2. The molecule has 0 aliphatic carbocycles. The van der Waals surface area contributed by atoms with Crippen molar-refractivity contribution in [2.24, 2.45) is 7.05 Å². The quantitative estimate of drug-likeness (QED) is 0.730. The van der Waals surface area contributed by atoms with Crippen molar-refractivity contribution < 1.29 is 18.3 Å². The van der Waals surface area contributed by atoms with E-state index in [1.54, 1.807) is 7.05 Å². The van der Waals surface area contributed by atoms with Gasteiger partial charge in [-0.2, -0.15) is 5.10 Å². The van der Waals surface area contributed by atoms with Crippen LogP contribution in [-0.4, -0.2) is 23.0 Å². The molecule has 78 valence electrons. The Hall–Kier alpha value is -1.01. The molecule has 1 aliphatic heterocycles. The van der Waals surface area contributed by atoms with Crippen LogP contribution in [0.2, 0.25) is 0 Å². The van der Waals surface area contributed by atoms with Gasteiger partial charge in [0.05, 0.1) is 18.8 Å². The maximum atomic E-state index is 12.5. The van der Waals surface area contributed by atoms with E-state index in [0.29, 0.717) is 18.8 Å². The third-order valence-corrected chi connectivity index (χ3v) is 1.97. The molecule has 1 aromatic rings. The second-order valence-corrected chi connectivity index (χ2v) is 3.02. The van der Waals surface area contributed by atoms with E-state index in [9.17, 15) is 8.78 Å². The minimum atomic E-state index is -2.60. The van der Waals surface area contributed by atoms with Crippen molar-refractivity contribution in [1.29, 1.82) is 0 Å². The van der Waals surface area contributed by atoms with Crippen LogP contribution in [0.3, 0.4) is 0 Å². The molecule has 4 nitrogen and oxygen atoms in total. The minimum Gasteiger partial charge on any atom is -0.346 e. The minimum absolute atomic E-state index is 0.264. The highest BCUT2D eigenvalue weighted by atomic mass is 19.3. The van der Waals surface area contributed by atoms with Gasteiger partial charge in [-0.25, -0.2) is 8.78 Å². The zero-order valence-corrected chi connectivity index (χ0v) is 7.61. The SMILES string of the molecule is Cn1cc(C2OCCO2)c(C(F)F)n1. The van der Waals surface area contributed by atoms with Crippen molar-refractivity contribution in [3.8, 4) is 0 Å². The fraction of sp³-hybridized carbons (Fsp3) is 0.625. The molecule has 1 aromatic heterocycles. The van der Waals surface area contributed by atoms with Crippen molar-refractivity contribution in [1.82, 2.24) is 9.78 Å². The molecule has 14 heavy (non-hydrogen) atoms. The molecule has 6 heteroatoms. The Balaban J connectivity index is 2.30. The zero-order chi connectivity index (χ0) is 10.1. The fourth-order valence-electron chi connectivity index (χ4n) is 1.41. The average Bonchev–Trinajstić information content (AvgIpc) is 2.70. The number of aryl methyl sites for hydroxylation is 1. The molecular formula is C8H10F2N2O2. The smallest absolute Gasteiger partial charge is 0.282 e. The molecule has 1 fully saturated rings. The highest BCUT2D eigenvalue weighted by molar-refractivity contribution is 5.20. The largest absolute Gasteiger partial charge is 0.346 e. The van der Waals surface area contributed by atoms with Crippen LogP contribution in [0.25, 0.3) is 0 Å². The van der Waals surface area contributed by atoms with Crippen LogP contribution in [0, 0.1) is 0 Å². The van der Waals surface area contributed by atoms with E-state index in [1.807, 2.05) is 0 Å². The van der Waals surface area contributed by atoms with Gasteiger partial charge in [0, 0.05) is 13.2 Å². The van der Waals surface area contributed by atoms with Crippen LogP contribution < -0.4 is 0 Å². The van der Waals surface area contributed by atoms with E-state index < -0.39 is 12.7 Å². The van der Waals surface area contributed by atoms with Gasteiger partial charge in [0.1, 0.15) is 5.69 Å². The zero-order valence-electron chi connectivity index (χ0n) is 7.61. The van der Waals surface area contributed by atoms with Gasteiger partial charge < -0.3 is 9.47 Å². The summed E-state index contributed by atoms with van der Waals surface area (Å²) in [5.74, 6) is 0. The molecule has 2 heterocycles. The number of nitrogens with zero attached hydrogens (tertiary/aromatic N) is 2. The monoisotopic (exact) mass is 204 g/mol. The van der Waals surface area contributed by atoms with Gasteiger partial charge >= 0.3 is 0 Å². The van der Waals surface area contributed by atoms with Crippen LogP contribution in [0.5, 0.6) is 0 Å². The molecule has 0 aromatic carbocycles. The summed E-state index contributed by atoms with van der Waals surface area (Å²) >= 11 is 0. The first-order valence-corrected chi connectivity index (χ1v) is 4.23. The first-order chi connectivity index (χ1) is 6.68. The molecular weight excluding hydrogens is 194 g/mol. The summed E-state index contributed by atoms with van der Waals surface area (Å²) < 4.78 is 36.6. The van der Waals surface area contributed by atoms with Gasteiger partial charge in [-0.3, -0.25) is 4.68 Å². The third kappa shape index (κ3) is 1.62. The second kappa shape index (κ2) is 3.62. The van der Waals surface area contributed by atoms with Gasteiger partial charge in [-0.15, -0.1) is 0 Å². The van der Waals surface area contributed by atoms with E-state index >= 15 is 0 Å². The van der Waals surface area contributed by atoms with Gasteiger partial charge in [-0.05, 0) is 0 Å². The van der Waals surface area contributed by atoms with Crippen molar-refractivity contribution in [2.45, 2.75) is 12.7 Å². The first-order valence-electron chi connectivity index (χ1n) is 4.23. The highest BCUT2D eigenvalue weighted by Crippen LogP contribution is 2.30. The van der Waals surface area contributed by atoms with Crippen molar-refractivity contribution >= 4 is 0 Å². The standard InChI is InChI=1S/C8H10F2N2O2/c1-12-4-5(6(11-12)7(9)10)8-13-2-3-14-8/h4,7-8H,2-3H2,1H3. The average molecular weight is 204 g/mol. The van der Waals surface area contributed by atoms with E-state index in [2.05, 4.69) is 5.10 Å². The molecule has 0 radical (unpaired) electrons. The summed E-state index contributed by atoms with van der Waals surface area (Å²) in [6.07, 6.45) is -1.79. The molecule has 0 atom stereocenters. The van der Waals surface area contributed by atoms with Crippen LogP contribution in [0.15, 0.2) is 6.20 Å². The second-order valence-electron chi connectivity index (χ2n) is 3.02. The third-order valence-electron chi connectivity index (χ3n) is 1.97. The molecule has 0 N–H and O–H groups in total. The summed E-state index contributed by atoms with van der Waals surface area (Å²) in [6, 6.07) is 0. The van der Waals surface area contributed by atoms with E-state index in [1.165, 1.54) is 10.9 Å². The van der Waals surface area contributed by atoms with E-state index in [4.69, 9.17) is 9.47 Å². The lowest BCUT2D eigenvalue weighted by molar-refractivity contribution is -0.0465. The first kappa shape index (κ1) is 9.54. The normalized spacial score (nSPS) is 18.3. The molecule has 0 spiro atoms. The van der Waals surface area contributed by atoms with Crippen LogP contribution in [-0.2, 0) is 16.5 Å². The van der Waals surface area contributed by atoms with Gasteiger partial charge in [-0.1, -0.05) is 0 Å². The summed E-state index contributed by atoms with van der Waals surface area (Å²) in [5, 5.41) is 3.66. The predicted octanol–water partition coefficient (Wildman–Crippen LogP) is 1.40. The summed E-state index contributed by atoms with van der Waals surface area (Å²) in [4.78, 5) is 0. The van der Waals surface area contributed by atoms with E-state index in [0.717, 1.165) is 0 Å². The van der Waals surface area contributed by atoms with Gasteiger partial charge in [0.15, 0.2) is 6.29 Å². The molecule has 0 saturated carbocycles. The lowest BCUT2D eigenvalue weighted by atomic mass is 10.2. The molecule has 2 rings (SSSR count). The highest BCUT2D eigenvalue weighted by Gasteiger charge is 2.27. The topological polar surface area (TPSA) is 36.3 Å². The van der Waals surface area contributed by atoms with Crippen molar-refractivity contribution in [3.63, 3.8) is 0 Å². The van der Waals surface area contributed by atoms with Crippen molar-refractivity contribution in [3.05, 3.63) is 17.5 Å². The lowest BCUT2D eigenvalue weighted by Gasteiger charge is -2.07. The van der Waals surface area contributed by atoms with Gasteiger partial charge in [0.2, 0.25) is 0 Å². The lowest BCUT2D eigenvalue weighted by Crippen LogP contribution is -2.01. The Bertz CT molecular complexity index is 321. The summed E-state index contributed by atoms with van der Waals surface area (Å²) in [5.41, 5.74) is 0.0550. The number of halogens is 2. The Morgan fingerprint density at radius 3 is 2.71 bits per heavy atom. The maximum absolute atomic E-state index is 12.5. The number of hydrogen-bond acceptors (Lipinski definition) is 3. The molecule has 1 aliphatic rings. The van der Waals surface area contributed by atoms with E-state index in [-0.39, 0.29) is 5.69 Å². The molecule has 0 amide bonds. The number of alkyl halides is 2. The molecule has 1 saturated heterocycles. The van der Waals surface area contributed by atoms with Crippen LogP contribution in [0.1, 0.15) is 24.0 Å². The maximum Gasteiger partial charge on any atom is 0.282 e. The Morgan fingerprint density at radius 2 is 2.14 bits per heavy atom. The summed E-state index contributed by atoms with van der Waals surface area (Å²) in [6.45, 7) is 0.866. The Kier molecular flexibility index (Phi) is 2.47. The fourth-order valence-corrected chi connectivity index (χ4v) is 1.41. The predicted molar refractivity (Wildman–Crippen MR) is 42.8 cm³/mol. The summed E-state index contributed by atoms with van der Waals surface area (Å²) in [7, 11) is 1.59. The molecule has 0 unspecified atom stereocenters. The Morgan fingerprint density at radius 1 is 1.50 bits per heavy atom. The van der Waals surface area contributed by atoms with Crippen LogP contribution >= 0.6 is 0 Å². The van der Waals surface area contributed by atoms with Crippen molar-refractivity contribution in [2.75, 3.05) is 13.2 Å². The van der Waals surface area contributed by atoms with Gasteiger partial charge in [0.25, 0.3) is 6.43 Å². The Labute approximate surface area is 79.4 Å². The number of ether oxygens (including phenoxy) is 2. The number of aromatic nitrogens is 2. The molecule has 0 bridgehead atoms.